The van der Waals surface area contributed by atoms with Crippen molar-refractivity contribution in [2.45, 2.75) is 31.7 Å². The Hall–Kier alpha value is -2.18. The summed E-state index contributed by atoms with van der Waals surface area (Å²) < 4.78 is 5.03. The van der Waals surface area contributed by atoms with E-state index in [1.54, 1.807) is 7.11 Å². The van der Waals surface area contributed by atoms with E-state index in [9.17, 15) is 4.79 Å². The normalized spacial score (nSPS) is 21.4. The quantitative estimate of drug-likeness (QED) is 0.761. The smallest absolute Gasteiger partial charge is 0.224 e. The van der Waals surface area contributed by atoms with Gasteiger partial charge in [0.25, 0.3) is 0 Å². The number of anilines is 1. The van der Waals surface area contributed by atoms with Crippen LogP contribution in [0.3, 0.4) is 0 Å². The predicted molar refractivity (Wildman–Crippen MR) is 116 cm³/mol. The van der Waals surface area contributed by atoms with E-state index < -0.39 is 0 Å². The highest BCUT2D eigenvalue weighted by atomic mass is 16.5. The van der Waals surface area contributed by atoms with Gasteiger partial charge in [0.1, 0.15) is 5.82 Å². The summed E-state index contributed by atoms with van der Waals surface area (Å²) >= 11 is 0. The molecule has 1 unspecified atom stereocenters. The second-order valence-electron chi connectivity index (χ2n) is 8.19. The molecule has 6 heteroatoms. The predicted octanol–water partition coefficient (Wildman–Crippen LogP) is 2.68. The Morgan fingerprint density at radius 2 is 2.00 bits per heavy atom. The van der Waals surface area contributed by atoms with Crippen LogP contribution in [0.15, 0.2) is 36.5 Å². The monoisotopic (exact) mass is 396 g/mol. The maximum Gasteiger partial charge on any atom is 0.224 e. The molecule has 4 rings (SSSR count). The molecule has 2 aliphatic rings. The van der Waals surface area contributed by atoms with Gasteiger partial charge in [0.05, 0.1) is 12.5 Å². The number of carbonyl (C=O) groups excluding carboxylic acids is 1. The molecule has 0 saturated carbocycles. The molecule has 29 heavy (non-hydrogen) atoms. The van der Waals surface area contributed by atoms with E-state index in [0.29, 0.717) is 19.2 Å². The van der Waals surface area contributed by atoms with Crippen molar-refractivity contribution in [1.82, 2.24) is 15.2 Å². The number of fused-ring (bicyclic) bond motifs is 1. The van der Waals surface area contributed by atoms with E-state index in [4.69, 9.17) is 4.74 Å². The van der Waals surface area contributed by atoms with Crippen LogP contribution in [0, 0.1) is 5.92 Å². The van der Waals surface area contributed by atoms with E-state index in [1.165, 1.54) is 10.8 Å². The third-order valence-corrected chi connectivity index (χ3v) is 6.36. The molecular weight excluding hydrogens is 364 g/mol. The van der Waals surface area contributed by atoms with Crippen LogP contribution in [0.4, 0.5) is 5.82 Å². The van der Waals surface area contributed by atoms with E-state index >= 15 is 0 Å². The summed E-state index contributed by atoms with van der Waals surface area (Å²) in [6, 6.07) is 11.1. The van der Waals surface area contributed by atoms with Gasteiger partial charge in [-0.25, -0.2) is 4.98 Å². The Morgan fingerprint density at radius 1 is 1.17 bits per heavy atom. The topological polar surface area (TPSA) is 57.7 Å². The van der Waals surface area contributed by atoms with Gasteiger partial charge in [-0.05, 0) is 43.7 Å². The summed E-state index contributed by atoms with van der Waals surface area (Å²) in [5.74, 6) is 1.40. The number of aromatic nitrogens is 1. The van der Waals surface area contributed by atoms with Crippen LogP contribution in [0.5, 0.6) is 0 Å². The molecule has 1 aromatic carbocycles. The molecule has 3 heterocycles. The molecule has 1 amide bonds. The Morgan fingerprint density at radius 3 is 2.83 bits per heavy atom. The van der Waals surface area contributed by atoms with E-state index in [-0.39, 0.29) is 11.8 Å². The number of likely N-dealkylation sites (tertiary alicyclic amines) is 1. The van der Waals surface area contributed by atoms with Crippen molar-refractivity contribution in [2.75, 3.05) is 51.3 Å². The zero-order chi connectivity index (χ0) is 20.1. The molecule has 0 aliphatic carbocycles. The third-order valence-electron chi connectivity index (χ3n) is 6.36. The van der Waals surface area contributed by atoms with Crippen molar-refractivity contribution in [3.63, 3.8) is 0 Å². The number of benzene rings is 1. The standard InChI is InChI=1S/C23H32N4O2/c1-29-16-12-25-23(28)19-6-4-13-27(17-19)20-9-14-26(15-10-20)22-21-7-3-2-5-18(21)8-11-24-22/h2-3,5,7-8,11,19-20H,4,6,9-10,12-17H2,1H3,(H,25,28). The molecule has 0 spiro atoms. The molecule has 1 aromatic heterocycles. The lowest BCUT2D eigenvalue weighted by Crippen LogP contribution is -2.51. The number of carbonyl (C=O) groups is 1. The molecule has 2 aromatic rings. The first kappa shape index (κ1) is 20.1. The number of rotatable bonds is 6. The summed E-state index contributed by atoms with van der Waals surface area (Å²) in [6.45, 7) is 5.21. The van der Waals surface area contributed by atoms with Crippen molar-refractivity contribution < 1.29 is 9.53 Å². The van der Waals surface area contributed by atoms with Crippen LogP contribution >= 0.6 is 0 Å². The number of hydrogen-bond donors (Lipinski definition) is 1. The minimum absolute atomic E-state index is 0.110. The van der Waals surface area contributed by atoms with Gasteiger partial charge in [-0.3, -0.25) is 9.69 Å². The van der Waals surface area contributed by atoms with Crippen molar-refractivity contribution in [1.29, 1.82) is 0 Å². The summed E-state index contributed by atoms with van der Waals surface area (Å²) in [5, 5.41) is 5.50. The van der Waals surface area contributed by atoms with Crippen molar-refractivity contribution >= 4 is 22.5 Å². The highest BCUT2D eigenvalue weighted by Crippen LogP contribution is 2.29. The number of pyridine rings is 1. The highest BCUT2D eigenvalue weighted by molar-refractivity contribution is 5.92. The van der Waals surface area contributed by atoms with Gasteiger partial charge >= 0.3 is 0 Å². The van der Waals surface area contributed by atoms with Crippen molar-refractivity contribution in [3.05, 3.63) is 36.5 Å². The fourth-order valence-corrected chi connectivity index (χ4v) is 4.77. The molecule has 156 valence electrons. The van der Waals surface area contributed by atoms with Gasteiger partial charge in [0.2, 0.25) is 5.91 Å². The van der Waals surface area contributed by atoms with Gasteiger partial charge in [-0.2, -0.15) is 0 Å². The van der Waals surface area contributed by atoms with E-state index in [0.717, 1.165) is 57.7 Å². The van der Waals surface area contributed by atoms with E-state index in [1.807, 2.05) is 6.20 Å². The summed E-state index contributed by atoms with van der Waals surface area (Å²) in [7, 11) is 1.66. The van der Waals surface area contributed by atoms with Crippen molar-refractivity contribution in [3.8, 4) is 0 Å². The molecule has 1 N–H and O–H groups in total. The first-order valence-electron chi connectivity index (χ1n) is 10.9. The number of nitrogens with one attached hydrogen (secondary N) is 1. The molecule has 1 atom stereocenters. The SMILES string of the molecule is COCCNC(=O)C1CCCN(C2CCN(c3nccc4ccccc34)CC2)C1. The van der Waals surface area contributed by atoms with Crippen LogP contribution in [0.25, 0.3) is 10.8 Å². The largest absolute Gasteiger partial charge is 0.383 e. The minimum Gasteiger partial charge on any atom is -0.383 e. The van der Waals surface area contributed by atoms with Gasteiger partial charge < -0.3 is 15.0 Å². The van der Waals surface area contributed by atoms with Crippen molar-refractivity contribution in [2.24, 2.45) is 5.92 Å². The molecule has 0 bridgehead atoms. The van der Waals surface area contributed by atoms with E-state index in [2.05, 4.69) is 50.4 Å². The lowest BCUT2D eigenvalue weighted by atomic mass is 9.93. The summed E-state index contributed by atoms with van der Waals surface area (Å²) in [6.07, 6.45) is 6.27. The zero-order valence-corrected chi connectivity index (χ0v) is 17.3. The second kappa shape index (κ2) is 9.55. The molecule has 0 radical (unpaired) electrons. The lowest BCUT2D eigenvalue weighted by Gasteiger charge is -2.42. The zero-order valence-electron chi connectivity index (χ0n) is 17.3. The van der Waals surface area contributed by atoms with Gasteiger partial charge in [0.15, 0.2) is 0 Å². The second-order valence-corrected chi connectivity index (χ2v) is 8.19. The summed E-state index contributed by atoms with van der Waals surface area (Å²) in [4.78, 5) is 22.1. The van der Waals surface area contributed by atoms with Crippen LogP contribution < -0.4 is 10.2 Å². The molecule has 2 saturated heterocycles. The van der Waals surface area contributed by atoms with Crippen LogP contribution in [-0.2, 0) is 9.53 Å². The van der Waals surface area contributed by atoms with Crippen LogP contribution in [-0.4, -0.2) is 68.3 Å². The fraction of sp³-hybridized carbons (Fsp3) is 0.565. The van der Waals surface area contributed by atoms with Crippen LogP contribution in [0.1, 0.15) is 25.7 Å². The number of methoxy groups -OCH3 is 1. The van der Waals surface area contributed by atoms with Crippen LogP contribution in [0.2, 0.25) is 0 Å². The number of ether oxygens (including phenoxy) is 1. The Kier molecular flexibility index (Phi) is 6.62. The maximum atomic E-state index is 12.5. The number of hydrogen-bond acceptors (Lipinski definition) is 5. The Bertz CT molecular complexity index is 814. The fourth-order valence-electron chi connectivity index (χ4n) is 4.77. The minimum atomic E-state index is 0.110. The average molecular weight is 397 g/mol. The first-order valence-corrected chi connectivity index (χ1v) is 10.9. The number of nitrogens with zero attached hydrogens (tertiary/aromatic N) is 3. The molecule has 6 nitrogen and oxygen atoms in total. The molecule has 2 aliphatic heterocycles. The molecule has 2 fully saturated rings. The average Bonchev–Trinajstić information content (AvgIpc) is 2.79. The third kappa shape index (κ3) is 4.70. The Balaban J connectivity index is 1.34. The first-order chi connectivity index (χ1) is 14.3. The number of amides is 1. The van der Waals surface area contributed by atoms with Gasteiger partial charge in [0, 0.05) is 50.9 Å². The maximum absolute atomic E-state index is 12.5. The number of piperidine rings is 2. The highest BCUT2D eigenvalue weighted by Gasteiger charge is 2.32. The summed E-state index contributed by atoms with van der Waals surface area (Å²) in [5.41, 5.74) is 0. The van der Waals surface area contributed by atoms with Gasteiger partial charge in [-0.1, -0.05) is 24.3 Å². The Labute approximate surface area is 173 Å². The lowest BCUT2D eigenvalue weighted by molar-refractivity contribution is -0.127. The molecular formula is C23H32N4O2. The van der Waals surface area contributed by atoms with Gasteiger partial charge in [-0.15, -0.1) is 0 Å².